The molecule has 0 fully saturated rings. The normalized spacial score (nSPS) is 11.7. The number of aryl methyl sites for hydroxylation is 2. The van der Waals surface area contributed by atoms with Gasteiger partial charge < -0.3 is 4.57 Å². The summed E-state index contributed by atoms with van der Waals surface area (Å²) >= 11 is 0. The lowest BCUT2D eigenvalue weighted by molar-refractivity contribution is 0.103. The Kier molecular flexibility index (Phi) is 4.16. The molecule has 0 aliphatic rings. The van der Waals surface area contributed by atoms with E-state index in [0.717, 1.165) is 33.8 Å². The van der Waals surface area contributed by atoms with E-state index in [2.05, 4.69) is 85.1 Å². The lowest BCUT2D eigenvalue weighted by Crippen LogP contribution is -2.01. The molecule has 0 bridgehead atoms. The highest BCUT2D eigenvalue weighted by Crippen LogP contribution is 2.31. The van der Waals surface area contributed by atoms with Crippen LogP contribution in [0.15, 0.2) is 91.0 Å². The Hall–Kier alpha value is -3.91. The van der Waals surface area contributed by atoms with Gasteiger partial charge in [-0.15, -0.1) is 0 Å². The first-order valence-corrected chi connectivity index (χ1v) is 11.1. The highest BCUT2D eigenvalue weighted by atomic mass is 16.1. The summed E-state index contributed by atoms with van der Waals surface area (Å²) in [6, 6.07) is 31.4. The number of aromatic nitrogens is 1. The zero-order chi connectivity index (χ0) is 21.8. The van der Waals surface area contributed by atoms with Crippen molar-refractivity contribution in [2.75, 3.05) is 0 Å². The number of carbonyl (C=O) groups is 1. The lowest BCUT2D eigenvalue weighted by Gasteiger charge is -2.07. The summed E-state index contributed by atoms with van der Waals surface area (Å²) in [5, 5.41) is 7.00. The second kappa shape index (κ2) is 7.06. The van der Waals surface area contributed by atoms with E-state index in [0.29, 0.717) is 0 Å². The fourth-order valence-corrected chi connectivity index (χ4v) is 4.95. The van der Waals surface area contributed by atoms with Gasteiger partial charge in [-0.05, 0) is 83.9 Å². The topological polar surface area (TPSA) is 22.0 Å². The molecule has 0 aliphatic heterocycles. The van der Waals surface area contributed by atoms with Crippen LogP contribution >= 0.6 is 0 Å². The number of fused-ring (bicyclic) bond motifs is 5. The molecule has 2 nitrogen and oxygen atoms in total. The molecule has 2 heteroatoms. The average molecular weight is 414 g/mol. The first-order chi connectivity index (χ1) is 15.6. The Balaban J connectivity index is 1.50. The molecule has 1 aromatic heterocycles. The number of nitrogens with zero attached hydrogens (tertiary/aromatic N) is 1. The van der Waals surface area contributed by atoms with Crippen LogP contribution in [0.1, 0.15) is 28.4 Å². The molecule has 0 saturated carbocycles. The van der Waals surface area contributed by atoms with Crippen LogP contribution in [-0.2, 0) is 6.54 Å². The van der Waals surface area contributed by atoms with Crippen LogP contribution < -0.4 is 0 Å². The number of benzene rings is 5. The minimum Gasteiger partial charge on any atom is -0.341 e. The molecule has 6 rings (SSSR count). The van der Waals surface area contributed by atoms with Gasteiger partial charge in [-0.1, -0.05) is 48.0 Å². The number of ketones is 1. The summed E-state index contributed by atoms with van der Waals surface area (Å²) in [5.41, 5.74) is 5.08. The summed E-state index contributed by atoms with van der Waals surface area (Å²) < 4.78 is 2.32. The van der Waals surface area contributed by atoms with Crippen LogP contribution in [0, 0.1) is 6.92 Å². The van der Waals surface area contributed by atoms with E-state index < -0.39 is 0 Å². The summed E-state index contributed by atoms with van der Waals surface area (Å²) in [4.78, 5) is 13.5. The predicted octanol–water partition coefficient (Wildman–Crippen LogP) is 7.66. The van der Waals surface area contributed by atoms with Gasteiger partial charge in [-0.2, -0.15) is 0 Å². The van der Waals surface area contributed by atoms with Crippen molar-refractivity contribution in [3.05, 3.63) is 108 Å². The molecule has 32 heavy (non-hydrogen) atoms. The SMILES string of the molecule is CCn1c2ccc(C)cc2c2cc(C(=O)c3ccc4cc5ccccc5cc4c3)ccc21. The van der Waals surface area contributed by atoms with Gasteiger partial charge in [-0.25, -0.2) is 0 Å². The van der Waals surface area contributed by atoms with Gasteiger partial charge in [0.25, 0.3) is 0 Å². The van der Waals surface area contributed by atoms with Crippen LogP contribution in [0.4, 0.5) is 0 Å². The highest BCUT2D eigenvalue weighted by molar-refractivity contribution is 6.16. The van der Waals surface area contributed by atoms with Crippen LogP contribution in [-0.4, -0.2) is 10.4 Å². The van der Waals surface area contributed by atoms with Crippen LogP contribution in [0.2, 0.25) is 0 Å². The van der Waals surface area contributed by atoms with Crippen molar-refractivity contribution in [3.63, 3.8) is 0 Å². The Bertz CT molecular complexity index is 1690. The quantitative estimate of drug-likeness (QED) is 0.216. The zero-order valence-corrected chi connectivity index (χ0v) is 18.2. The zero-order valence-electron chi connectivity index (χ0n) is 18.2. The second-order valence-corrected chi connectivity index (χ2v) is 8.59. The van der Waals surface area contributed by atoms with Gasteiger partial charge in [0.1, 0.15) is 0 Å². The number of rotatable bonds is 3. The number of hydrogen-bond donors (Lipinski definition) is 0. The van der Waals surface area contributed by atoms with Gasteiger partial charge in [0.2, 0.25) is 0 Å². The van der Waals surface area contributed by atoms with Gasteiger partial charge in [0.05, 0.1) is 0 Å². The van der Waals surface area contributed by atoms with Crippen molar-refractivity contribution in [3.8, 4) is 0 Å². The first kappa shape index (κ1) is 18.8. The minimum atomic E-state index is 0.0620. The molecule has 154 valence electrons. The lowest BCUT2D eigenvalue weighted by atomic mass is 9.97. The Morgan fingerprint density at radius 2 is 1.25 bits per heavy atom. The number of carbonyl (C=O) groups excluding carboxylic acids is 1. The highest BCUT2D eigenvalue weighted by Gasteiger charge is 2.15. The third-order valence-corrected chi connectivity index (χ3v) is 6.57. The van der Waals surface area contributed by atoms with Crippen molar-refractivity contribution in [2.45, 2.75) is 20.4 Å². The summed E-state index contributed by atoms with van der Waals surface area (Å²) in [6.45, 7) is 5.17. The number of hydrogen-bond acceptors (Lipinski definition) is 1. The molecule has 5 aromatic carbocycles. The van der Waals surface area contributed by atoms with Crippen molar-refractivity contribution in [1.82, 2.24) is 4.57 Å². The van der Waals surface area contributed by atoms with Crippen molar-refractivity contribution in [1.29, 1.82) is 0 Å². The molecule has 0 amide bonds. The standard InChI is InChI=1S/C30H23NO/c1-3-31-28-12-8-19(2)14-26(28)27-18-24(11-13-29(27)31)30(32)23-10-9-22-15-20-6-4-5-7-21(20)16-25(22)17-23/h4-18H,3H2,1-2H3. The van der Waals surface area contributed by atoms with E-state index in [-0.39, 0.29) is 5.78 Å². The monoisotopic (exact) mass is 413 g/mol. The molecular formula is C30H23NO. The molecule has 0 N–H and O–H groups in total. The van der Waals surface area contributed by atoms with Crippen LogP contribution in [0.5, 0.6) is 0 Å². The van der Waals surface area contributed by atoms with E-state index in [1.54, 1.807) is 0 Å². The van der Waals surface area contributed by atoms with Crippen LogP contribution in [0.3, 0.4) is 0 Å². The van der Waals surface area contributed by atoms with E-state index in [1.165, 1.54) is 32.8 Å². The fraction of sp³-hybridized carbons (Fsp3) is 0.100. The summed E-state index contributed by atoms with van der Waals surface area (Å²) in [5.74, 6) is 0.0620. The molecule has 1 heterocycles. The summed E-state index contributed by atoms with van der Waals surface area (Å²) in [7, 11) is 0. The molecule has 0 unspecified atom stereocenters. The van der Waals surface area contributed by atoms with Gasteiger partial charge >= 0.3 is 0 Å². The van der Waals surface area contributed by atoms with Gasteiger partial charge in [-0.3, -0.25) is 4.79 Å². The van der Waals surface area contributed by atoms with Crippen molar-refractivity contribution < 1.29 is 4.79 Å². The second-order valence-electron chi connectivity index (χ2n) is 8.59. The van der Waals surface area contributed by atoms with Gasteiger partial charge in [0.15, 0.2) is 5.78 Å². The Morgan fingerprint density at radius 1 is 0.656 bits per heavy atom. The molecule has 6 aromatic rings. The molecule has 0 radical (unpaired) electrons. The molecule has 0 atom stereocenters. The maximum atomic E-state index is 13.5. The van der Waals surface area contributed by atoms with Crippen LogP contribution in [0.25, 0.3) is 43.4 Å². The molecule has 0 saturated heterocycles. The third-order valence-electron chi connectivity index (χ3n) is 6.57. The summed E-state index contributed by atoms with van der Waals surface area (Å²) in [6.07, 6.45) is 0. The minimum absolute atomic E-state index is 0.0620. The molecule has 0 spiro atoms. The van der Waals surface area contributed by atoms with E-state index >= 15 is 0 Å². The smallest absolute Gasteiger partial charge is 0.193 e. The molecule has 0 aliphatic carbocycles. The van der Waals surface area contributed by atoms with Crippen molar-refractivity contribution in [2.24, 2.45) is 0 Å². The Morgan fingerprint density at radius 3 is 2.00 bits per heavy atom. The third kappa shape index (κ3) is 2.84. The van der Waals surface area contributed by atoms with E-state index in [4.69, 9.17) is 0 Å². The van der Waals surface area contributed by atoms with E-state index in [1.807, 2.05) is 24.3 Å². The van der Waals surface area contributed by atoms with E-state index in [9.17, 15) is 4.79 Å². The van der Waals surface area contributed by atoms with Crippen molar-refractivity contribution >= 4 is 49.1 Å². The largest absolute Gasteiger partial charge is 0.341 e. The average Bonchev–Trinajstić information content (AvgIpc) is 3.14. The maximum Gasteiger partial charge on any atom is 0.193 e. The maximum absolute atomic E-state index is 13.5. The predicted molar refractivity (Wildman–Crippen MR) is 135 cm³/mol. The Labute approximate surface area is 186 Å². The molecular weight excluding hydrogens is 390 g/mol. The van der Waals surface area contributed by atoms with Gasteiger partial charge in [0, 0.05) is 39.5 Å². The first-order valence-electron chi connectivity index (χ1n) is 11.1. The fourth-order valence-electron chi connectivity index (χ4n) is 4.95.